The number of imide groups is 2. The Morgan fingerprint density at radius 2 is 1.19 bits per heavy atom. The second kappa shape index (κ2) is 7.95. The van der Waals surface area contributed by atoms with Crippen molar-refractivity contribution in [2.75, 3.05) is 16.9 Å². The minimum Gasteiger partial charge on any atom is -0.466 e. The van der Waals surface area contributed by atoms with Crippen molar-refractivity contribution in [1.29, 1.82) is 0 Å². The van der Waals surface area contributed by atoms with Gasteiger partial charge in [-0.15, -0.1) is 0 Å². The van der Waals surface area contributed by atoms with Crippen LogP contribution in [0.3, 0.4) is 0 Å². The number of methoxy groups -OCH3 is 1. The summed E-state index contributed by atoms with van der Waals surface area (Å²) in [5, 5.41) is 0. The summed E-state index contributed by atoms with van der Waals surface area (Å²) in [5.74, 6) is -7.48. The number of rotatable bonds is 3. The monoisotopic (exact) mass is 562 g/mol. The first-order valence-electron chi connectivity index (χ1n) is 12.0. The van der Waals surface area contributed by atoms with E-state index in [0.717, 1.165) is 20.9 Å². The van der Waals surface area contributed by atoms with Crippen LogP contribution >= 0.6 is 15.9 Å². The van der Waals surface area contributed by atoms with Crippen molar-refractivity contribution in [1.82, 2.24) is 0 Å². The van der Waals surface area contributed by atoms with Crippen LogP contribution in [0.4, 0.5) is 11.4 Å². The number of amides is 4. The van der Waals surface area contributed by atoms with Crippen LogP contribution in [0.25, 0.3) is 0 Å². The van der Waals surface area contributed by atoms with Crippen LogP contribution in [-0.2, 0) is 28.7 Å². The summed E-state index contributed by atoms with van der Waals surface area (Å²) < 4.78 is 3.60. The molecule has 4 amide bonds. The van der Waals surface area contributed by atoms with Crippen molar-refractivity contribution < 1.29 is 28.7 Å². The first kappa shape index (κ1) is 23.8. The molecule has 0 spiro atoms. The molecule has 1 saturated carbocycles. The third-order valence-electron chi connectivity index (χ3n) is 8.30. The highest BCUT2D eigenvalue weighted by atomic mass is 79.9. The molecule has 37 heavy (non-hydrogen) atoms. The molecule has 2 aromatic rings. The van der Waals surface area contributed by atoms with Gasteiger partial charge >= 0.3 is 5.97 Å². The number of esters is 1. The number of hydrogen-bond acceptors (Lipinski definition) is 6. The van der Waals surface area contributed by atoms with Crippen LogP contribution < -0.4 is 9.80 Å². The maximum atomic E-state index is 14.0. The Kier molecular flexibility index (Phi) is 5.11. The van der Waals surface area contributed by atoms with E-state index in [-0.39, 0.29) is 5.57 Å². The number of para-hydroxylation sites is 2. The van der Waals surface area contributed by atoms with Gasteiger partial charge in [0.25, 0.3) is 0 Å². The summed E-state index contributed by atoms with van der Waals surface area (Å²) in [5.41, 5.74) is 2.51. The Morgan fingerprint density at radius 3 is 1.59 bits per heavy atom. The number of ether oxygens (including phenoxy) is 1. The highest BCUT2D eigenvalue weighted by Gasteiger charge is 2.76. The van der Waals surface area contributed by atoms with Crippen molar-refractivity contribution in [3.8, 4) is 0 Å². The van der Waals surface area contributed by atoms with Crippen molar-refractivity contribution in [2.24, 2.45) is 29.6 Å². The van der Waals surface area contributed by atoms with Gasteiger partial charge in [0.2, 0.25) is 23.6 Å². The van der Waals surface area contributed by atoms with Crippen LogP contribution in [0.5, 0.6) is 0 Å². The van der Waals surface area contributed by atoms with E-state index in [0.29, 0.717) is 11.4 Å². The SMILES string of the molecule is COC(=O)C1=CC2(Br)C3C(=O)N(c4ccccc4C)C(=O)C3C1C1C(=O)N(c3ccccc3C)C(=O)C12. The maximum Gasteiger partial charge on any atom is 0.333 e. The lowest BCUT2D eigenvalue weighted by Gasteiger charge is -2.51. The number of nitrogens with zero attached hydrogens (tertiary/aromatic N) is 2. The summed E-state index contributed by atoms with van der Waals surface area (Å²) in [4.78, 5) is 71.1. The van der Waals surface area contributed by atoms with Crippen LogP contribution in [0, 0.1) is 43.4 Å². The zero-order valence-electron chi connectivity index (χ0n) is 20.3. The van der Waals surface area contributed by atoms with Crippen LogP contribution in [0.1, 0.15) is 11.1 Å². The molecule has 2 aromatic carbocycles. The van der Waals surface area contributed by atoms with Gasteiger partial charge in [0.1, 0.15) is 0 Å². The van der Waals surface area contributed by atoms with Gasteiger partial charge in [-0.05, 0) is 37.1 Å². The number of carbonyl (C=O) groups is 5. The van der Waals surface area contributed by atoms with Crippen molar-refractivity contribution in [2.45, 2.75) is 18.2 Å². The average Bonchev–Trinajstić information content (AvgIpc) is 3.31. The van der Waals surface area contributed by atoms with Crippen LogP contribution in [-0.4, -0.2) is 41.0 Å². The molecule has 0 aromatic heterocycles. The predicted molar refractivity (Wildman–Crippen MR) is 137 cm³/mol. The Bertz CT molecular complexity index is 1370. The average molecular weight is 563 g/mol. The minimum atomic E-state index is -1.42. The van der Waals surface area contributed by atoms with Crippen molar-refractivity contribution >= 4 is 56.9 Å². The lowest BCUT2D eigenvalue weighted by Crippen LogP contribution is -2.61. The van der Waals surface area contributed by atoms with Gasteiger partial charge in [-0.25, -0.2) is 14.6 Å². The second-order valence-corrected chi connectivity index (χ2v) is 11.4. The van der Waals surface area contributed by atoms with Gasteiger partial charge in [-0.1, -0.05) is 58.4 Å². The highest BCUT2D eigenvalue weighted by molar-refractivity contribution is 9.10. The minimum absolute atomic E-state index is 0.141. The first-order valence-corrected chi connectivity index (χ1v) is 12.8. The van der Waals surface area contributed by atoms with E-state index in [1.807, 2.05) is 12.1 Å². The summed E-state index contributed by atoms with van der Waals surface area (Å²) >= 11 is 3.67. The largest absolute Gasteiger partial charge is 0.466 e. The molecule has 3 aliphatic carbocycles. The standard InChI is InChI=1S/C28H23BrN2O6/c1-13-8-4-6-10-16(13)30-23(32)19-18-15(27(36)37-3)12-28(29,21(19)25(30)34)22-20(18)24(33)31(26(22)35)17-11-7-5-9-14(17)2/h4-12,18-22H,1-3H3. The molecule has 5 aliphatic rings. The summed E-state index contributed by atoms with van der Waals surface area (Å²) in [6.07, 6.45) is 1.55. The Labute approximate surface area is 221 Å². The number of hydrogen-bond donors (Lipinski definition) is 0. The third kappa shape index (κ3) is 2.91. The lowest BCUT2D eigenvalue weighted by atomic mass is 9.52. The van der Waals surface area contributed by atoms with E-state index in [9.17, 15) is 24.0 Å². The first-order chi connectivity index (χ1) is 17.6. The molecule has 3 fully saturated rings. The van der Waals surface area contributed by atoms with Crippen molar-refractivity contribution in [3.63, 3.8) is 0 Å². The van der Waals surface area contributed by atoms with Crippen molar-refractivity contribution in [3.05, 3.63) is 71.3 Å². The van der Waals surface area contributed by atoms with E-state index < -0.39 is 63.5 Å². The van der Waals surface area contributed by atoms with Gasteiger partial charge < -0.3 is 4.74 Å². The fraction of sp³-hybridized carbons (Fsp3) is 0.321. The molecule has 188 valence electrons. The zero-order chi connectivity index (χ0) is 26.4. The quantitative estimate of drug-likeness (QED) is 0.323. The van der Waals surface area contributed by atoms with Gasteiger partial charge in [-0.2, -0.15) is 0 Å². The van der Waals surface area contributed by atoms with E-state index in [2.05, 4.69) is 15.9 Å². The summed E-state index contributed by atoms with van der Waals surface area (Å²) in [7, 11) is 1.23. The zero-order valence-corrected chi connectivity index (χ0v) is 21.9. The highest BCUT2D eigenvalue weighted by Crippen LogP contribution is 2.65. The smallest absolute Gasteiger partial charge is 0.333 e. The van der Waals surface area contributed by atoms with E-state index in [1.54, 1.807) is 56.3 Å². The number of carbonyl (C=O) groups excluding carboxylic acids is 5. The molecule has 4 unspecified atom stereocenters. The van der Waals surface area contributed by atoms with Gasteiger partial charge in [-0.3, -0.25) is 19.2 Å². The number of benzene rings is 2. The summed E-state index contributed by atoms with van der Waals surface area (Å²) in [6.45, 7) is 3.60. The number of aryl methyl sites for hydroxylation is 2. The second-order valence-electron chi connectivity index (χ2n) is 10.0. The molecule has 2 heterocycles. The Balaban J connectivity index is 1.54. The Hall–Kier alpha value is -3.59. The molecular formula is C28H23BrN2O6. The molecule has 2 saturated heterocycles. The maximum absolute atomic E-state index is 14.0. The van der Waals surface area contributed by atoms with Crippen LogP contribution in [0.15, 0.2) is 60.2 Å². The molecule has 0 N–H and O–H groups in total. The van der Waals surface area contributed by atoms with E-state index >= 15 is 0 Å². The lowest BCUT2D eigenvalue weighted by molar-refractivity contribution is -0.143. The number of allylic oxidation sites excluding steroid dienone is 1. The molecule has 2 bridgehead atoms. The predicted octanol–water partition coefficient (Wildman–Crippen LogP) is 3.09. The molecule has 7 rings (SSSR count). The van der Waals surface area contributed by atoms with Gasteiger partial charge in [0.15, 0.2) is 0 Å². The molecule has 2 aliphatic heterocycles. The number of alkyl halides is 1. The van der Waals surface area contributed by atoms with Crippen LogP contribution in [0.2, 0.25) is 0 Å². The summed E-state index contributed by atoms with van der Waals surface area (Å²) in [6, 6.07) is 14.1. The molecule has 4 atom stereocenters. The fourth-order valence-corrected chi connectivity index (χ4v) is 7.98. The number of halogens is 1. The molecular weight excluding hydrogens is 540 g/mol. The molecule has 9 heteroatoms. The van der Waals surface area contributed by atoms with Gasteiger partial charge in [0.05, 0.1) is 46.5 Å². The Morgan fingerprint density at radius 1 is 0.757 bits per heavy atom. The molecule has 0 radical (unpaired) electrons. The normalized spacial score (nSPS) is 32.0. The topological polar surface area (TPSA) is 101 Å². The van der Waals surface area contributed by atoms with E-state index in [4.69, 9.17) is 4.74 Å². The number of anilines is 2. The van der Waals surface area contributed by atoms with E-state index in [1.165, 1.54) is 7.11 Å². The fourth-order valence-electron chi connectivity index (χ4n) is 6.77. The molecule has 8 nitrogen and oxygen atoms in total. The third-order valence-corrected chi connectivity index (χ3v) is 9.51. The van der Waals surface area contributed by atoms with Gasteiger partial charge in [0, 0.05) is 11.5 Å².